The summed E-state index contributed by atoms with van der Waals surface area (Å²) < 4.78 is 10.9. The molecule has 2 aromatic rings. The minimum Gasteiger partial charge on any atom is -0.486 e. The summed E-state index contributed by atoms with van der Waals surface area (Å²) in [5.74, 6) is 0.215. The third kappa shape index (κ3) is 3.87. The highest BCUT2D eigenvalue weighted by Gasteiger charge is 2.16. The highest BCUT2D eigenvalue weighted by atomic mass is 35.5. The second-order valence-electron chi connectivity index (χ2n) is 4.78. The highest BCUT2D eigenvalue weighted by Crippen LogP contribution is 2.38. The van der Waals surface area contributed by atoms with Gasteiger partial charge in [0, 0.05) is 6.08 Å². The van der Waals surface area contributed by atoms with Crippen LogP contribution in [0, 0.1) is 0 Å². The van der Waals surface area contributed by atoms with Crippen LogP contribution >= 0.6 is 22.9 Å². The molecule has 2 N–H and O–H groups in total. The van der Waals surface area contributed by atoms with Crippen molar-refractivity contribution in [1.29, 1.82) is 0 Å². The third-order valence-electron chi connectivity index (χ3n) is 3.09. The van der Waals surface area contributed by atoms with Gasteiger partial charge < -0.3 is 9.47 Å². The van der Waals surface area contributed by atoms with Gasteiger partial charge in [-0.1, -0.05) is 17.7 Å². The number of rotatable bonds is 3. The van der Waals surface area contributed by atoms with E-state index in [2.05, 4.69) is 10.9 Å². The summed E-state index contributed by atoms with van der Waals surface area (Å²) in [6.45, 7) is 0.903. The van der Waals surface area contributed by atoms with Crippen molar-refractivity contribution in [3.63, 3.8) is 0 Å². The molecule has 1 aliphatic heterocycles. The lowest BCUT2D eigenvalue weighted by Crippen LogP contribution is -2.40. The minimum absolute atomic E-state index is 0.367. The van der Waals surface area contributed by atoms with Crippen molar-refractivity contribution < 1.29 is 19.1 Å². The van der Waals surface area contributed by atoms with Crippen molar-refractivity contribution in [2.45, 2.75) is 0 Å². The molecule has 2 amide bonds. The van der Waals surface area contributed by atoms with Crippen LogP contribution in [-0.4, -0.2) is 25.0 Å². The van der Waals surface area contributed by atoms with Crippen molar-refractivity contribution >= 4 is 40.8 Å². The van der Waals surface area contributed by atoms with E-state index >= 15 is 0 Å². The Kier molecular flexibility index (Phi) is 5.02. The van der Waals surface area contributed by atoms with Gasteiger partial charge in [0.15, 0.2) is 11.5 Å². The topological polar surface area (TPSA) is 76.7 Å². The molecule has 0 aliphatic carbocycles. The first-order valence-corrected chi connectivity index (χ1v) is 8.30. The lowest BCUT2D eigenvalue weighted by atomic mass is 10.1. The van der Waals surface area contributed by atoms with Crippen LogP contribution in [0.3, 0.4) is 0 Å². The summed E-state index contributed by atoms with van der Waals surface area (Å²) in [5, 5.41) is 2.20. The molecule has 0 radical (unpaired) electrons. The van der Waals surface area contributed by atoms with E-state index in [0.29, 0.717) is 40.2 Å². The van der Waals surface area contributed by atoms with Crippen molar-refractivity contribution in [2.75, 3.05) is 13.2 Å². The monoisotopic (exact) mass is 364 g/mol. The van der Waals surface area contributed by atoms with E-state index in [1.165, 1.54) is 17.4 Å². The smallest absolute Gasteiger partial charge is 0.279 e. The number of hydrazine groups is 1. The first kappa shape index (κ1) is 16.4. The highest BCUT2D eigenvalue weighted by molar-refractivity contribution is 7.12. The SMILES string of the molecule is O=C(/C=C/c1cc(Cl)c2c(c1)OCCO2)NNC(=O)c1cccs1. The van der Waals surface area contributed by atoms with Gasteiger partial charge in [-0.25, -0.2) is 0 Å². The Morgan fingerprint density at radius 2 is 2.04 bits per heavy atom. The number of thiophene rings is 1. The first-order chi connectivity index (χ1) is 11.6. The Balaban J connectivity index is 1.60. The number of benzene rings is 1. The van der Waals surface area contributed by atoms with Crippen molar-refractivity contribution in [2.24, 2.45) is 0 Å². The maximum atomic E-state index is 11.8. The molecule has 8 heteroatoms. The fourth-order valence-electron chi connectivity index (χ4n) is 2.03. The summed E-state index contributed by atoms with van der Waals surface area (Å²) >= 11 is 7.41. The molecule has 2 heterocycles. The molecular weight excluding hydrogens is 352 g/mol. The van der Waals surface area contributed by atoms with Gasteiger partial charge in [-0.3, -0.25) is 20.4 Å². The maximum Gasteiger partial charge on any atom is 0.279 e. The third-order valence-corrected chi connectivity index (χ3v) is 4.24. The molecule has 6 nitrogen and oxygen atoms in total. The number of nitrogens with one attached hydrogen (secondary N) is 2. The Bertz CT molecular complexity index is 790. The van der Waals surface area contributed by atoms with E-state index in [1.54, 1.807) is 35.7 Å². The number of fused-ring (bicyclic) bond motifs is 1. The van der Waals surface area contributed by atoms with Gasteiger partial charge in [-0.05, 0) is 35.2 Å². The van der Waals surface area contributed by atoms with E-state index in [9.17, 15) is 9.59 Å². The van der Waals surface area contributed by atoms with Crippen molar-refractivity contribution in [3.8, 4) is 11.5 Å². The van der Waals surface area contributed by atoms with E-state index in [1.807, 2.05) is 0 Å². The minimum atomic E-state index is -0.467. The molecule has 0 atom stereocenters. The Morgan fingerprint density at radius 1 is 1.21 bits per heavy atom. The average Bonchev–Trinajstić information content (AvgIpc) is 3.12. The summed E-state index contributed by atoms with van der Waals surface area (Å²) in [6.07, 6.45) is 2.85. The molecule has 3 rings (SSSR count). The molecule has 24 heavy (non-hydrogen) atoms. The fraction of sp³-hybridized carbons (Fsp3) is 0.125. The van der Waals surface area contributed by atoms with E-state index in [4.69, 9.17) is 21.1 Å². The average molecular weight is 365 g/mol. The van der Waals surface area contributed by atoms with Gasteiger partial charge >= 0.3 is 0 Å². The van der Waals surface area contributed by atoms with Crippen LogP contribution in [-0.2, 0) is 4.79 Å². The Labute approximate surface area is 147 Å². The zero-order chi connectivity index (χ0) is 16.9. The van der Waals surface area contributed by atoms with Crippen LogP contribution in [0.25, 0.3) is 6.08 Å². The molecular formula is C16H13ClN2O4S. The van der Waals surface area contributed by atoms with Gasteiger partial charge in [0.25, 0.3) is 11.8 Å². The van der Waals surface area contributed by atoms with Crippen LogP contribution < -0.4 is 20.3 Å². The molecule has 0 spiro atoms. The largest absolute Gasteiger partial charge is 0.486 e. The van der Waals surface area contributed by atoms with Gasteiger partial charge in [0.2, 0.25) is 0 Å². The van der Waals surface area contributed by atoms with E-state index in [0.717, 1.165) is 0 Å². The Hall–Kier alpha value is -2.51. The van der Waals surface area contributed by atoms with E-state index < -0.39 is 5.91 Å². The standard InChI is InChI=1S/C16H13ClN2O4S/c17-11-8-10(9-12-15(11)23-6-5-22-12)3-4-14(20)18-19-16(21)13-2-1-7-24-13/h1-4,7-9H,5-6H2,(H,18,20)(H,19,21)/b4-3+. The summed E-state index contributed by atoms with van der Waals surface area (Å²) in [4.78, 5) is 24.0. The molecule has 1 aromatic carbocycles. The van der Waals surface area contributed by atoms with Gasteiger partial charge in [-0.15, -0.1) is 11.3 Å². The number of ether oxygens (including phenoxy) is 2. The number of halogens is 1. The lowest BCUT2D eigenvalue weighted by Gasteiger charge is -2.19. The normalized spacial score (nSPS) is 12.9. The fourth-order valence-corrected chi connectivity index (χ4v) is 2.92. The Morgan fingerprint density at radius 3 is 2.83 bits per heavy atom. The van der Waals surface area contributed by atoms with Crippen LogP contribution in [0.4, 0.5) is 0 Å². The molecule has 0 bridgehead atoms. The lowest BCUT2D eigenvalue weighted by molar-refractivity contribution is -0.117. The number of amides is 2. The number of carbonyl (C=O) groups is 2. The second kappa shape index (κ2) is 7.37. The van der Waals surface area contributed by atoms with Gasteiger partial charge in [-0.2, -0.15) is 0 Å². The van der Waals surface area contributed by atoms with Crippen LogP contribution in [0.1, 0.15) is 15.2 Å². The molecule has 124 valence electrons. The predicted octanol–water partition coefficient (Wildman–Crippen LogP) is 2.65. The summed E-state index contributed by atoms with van der Waals surface area (Å²) in [6, 6.07) is 6.82. The van der Waals surface area contributed by atoms with Crippen LogP contribution in [0.2, 0.25) is 5.02 Å². The van der Waals surface area contributed by atoms with Crippen molar-refractivity contribution in [3.05, 3.63) is 51.2 Å². The molecule has 1 aromatic heterocycles. The zero-order valence-electron chi connectivity index (χ0n) is 12.4. The van der Waals surface area contributed by atoms with Gasteiger partial charge in [0.05, 0.1) is 9.90 Å². The quantitative estimate of drug-likeness (QED) is 0.648. The van der Waals surface area contributed by atoms with Crippen LogP contribution in [0.5, 0.6) is 11.5 Å². The zero-order valence-corrected chi connectivity index (χ0v) is 13.9. The van der Waals surface area contributed by atoms with E-state index in [-0.39, 0.29) is 5.91 Å². The first-order valence-electron chi connectivity index (χ1n) is 7.04. The molecule has 0 unspecified atom stereocenters. The summed E-state index contributed by atoms with van der Waals surface area (Å²) in [7, 11) is 0. The molecule has 0 fully saturated rings. The number of carbonyl (C=O) groups excluding carboxylic acids is 2. The molecule has 0 saturated heterocycles. The van der Waals surface area contributed by atoms with Gasteiger partial charge in [0.1, 0.15) is 13.2 Å². The second-order valence-corrected chi connectivity index (χ2v) is 6.14. The maximum absolute atomic E-state index is 11.8. The van der Waals surface area contributed by atoms with Crippen LogP contribution in [0.15, 0.2) is 35.7 Å². The molecule has 0 saturated carbocycles. The van der Waals surface area contributed by atoms with Crippen molar-refractivity contribution in [1.82, 2.24) is 10.9 Å². The molecule has 1 aliphatic rings. The predicted molar refractivity (Wildman–Crippen MR) is 91.4 cm³/mol. The number of hydrogen-bond acceptors (Lipinski definition) is 5. The number of hydrogen-bond donors (Lipinski definition) is 2. The summed E-state index contributed by atoms with van der Waals surface area (Å²) in [5.41, 5.74) is 5.33.